The molecule has 2 saturated carbocycles. The molecule has 0 amide bonds. The number of hydrogen-bond acceptors (Lipinski definition) is 2. The average molecular weight is 333 g/mol. The molecule has 2 aromatic rings. The SMILES string of the molecule is N=c1c2cccc(C(F)(F)F)c2nc2n1C1CC3CC(CC2C3)C1. The highest BCUT2D eigenvalue weighted by atomic mass is 19.4. The van der Waals surface area contributed by atoms with Crippen molar-refractivity contribution in [1.82, 2.24) is 9.55 Å². The van der Waals surface area contributed by atoms with Crippen LogP contribution in [0.4, 0.5) is 13.2 Å². The topological polar surface area (TPSA) is 41.7 Å². The van der Waals surface area contributed by atoms with Gasteiger partial charge in [-0.1, -0.05) is 6.07 Å². The summed E-state index contributed by atoms with van der Waals surface area (Å²) in [6.07, 6.45) is 0.908. The first-order valence-electron chi connectivity index (χ1n) is 8.58. The first-order chi connectivity index (χ1) is 11.4. The molecule has 2 aliphatic heterocycles. The van der Waals surface area contributed by atoms with Crippen LogP contribution in [0.3, 0.4) is 0 Å². The maximum Gasteiger partial charge on any atom is 0.418 e. The van der Waals surface area contributed by atoms with Crippen LogP contribution >= 0.6 is 0 Å². The number of benzene rings is 1. The summed E-state index contributed by atoms with van der Waals surface area (Å²) >= 11 is 0. The van der Waals surface area contributed by atoms with Crippen LogP contribution in [0.5, 0.6) is 0 Å². The Balaban J connectivity index is 1.84. The molecule has 24 heavy (non-hydrogen) atoms. The minimum absolute atomic E-state index is 0.0533. The van der Waals surface area contributed by atoms with Crippen molar-refractivity contribution in [2.45, 2.75) is 50.2 Å². The highest BCUT2D eigenvalue weighted by Crippen LogP contribution is 2.52. The van der Waals surface area contributed by atoms with E-state index in [4.69, 9.17) is 5.41 Å². The van der Waals surface area contributed by atoms with E-state index in [1.165, 1.54) is 12.5 Å². The molecule has 2 aliphatic carbocycles. The number of para-hydroxylation sites is 1. The number of hydrogen-bond donors (Lipinski definition) is 1. The summed E-state index contributed by atoms with van der Waals surface area (Å²) in [5.41, 5.74) is -0.567. The van der Waals surface area contributed by atoms with E-state index in [2.05, 4.69) is 4.98 Å². The predicted octanol–water partition coefficient (Wildman–Crippen LogP) is 4.38. The second-order valence-corrected chi connectivity index (χ2v) is 7.65. The maximum atomic E-state index is 13.4. The largest absolute Gasteiger partial charge is 0.418 e. The van der Waals surface area contributed by atoms with Gasteiger partial charge in [0, 0.05) is 17.3 Å². The van der Waals surface area contributed by atoms with Crippen molar-refractivity contribution in [2.75, 3.05) is 0 Å². The summed E-state index contributed by atoms with van der Waals surface area (Å²) in [7, 11) is 0. The van der Waals surface area contributed by atoms with E-state index in [-0.39, 0.29) is 23.0 Å². The molecule has 3 nitrogen and oxygen atoms in total. The fourth-order valence-electron chi connectivity index (χ4n) is 5.39. The second-order valence-electron chi connectivity index (χ2n) is 7.65. The molecule has 3 heterocycles. The molecule has 0 saturated heterocycles. The van der Waals surface area contributed by atoms with Crippen molar-refractivity contribution in [3.8, 4) is 0 Å². The molecule has 6 rings (SSSR count). The lowest BCUT2D eigenvalue weighted by atomic mass is 9.68. The monoisotopic (exact) mass is 333 g/mol. The predicted molar refractivity (Wildman–Crippen MR) is 82.4 cm³/mol. The van der Waals surface area contributed by atoms with Gasteiger partial charge in [-0.05, 0) is 56.1 Å². The van der Waals surface area contributed by atoms with Crippen LogP contribution in [0.2, 0.25) is 0 Å². The van der Waals surface area contributed by atoms with Crippen LogP contribution in [-0.2, 0) is 6.18 Å². The summed E-state index contributed by atoms with van der Waals surface area (Å²) in [5.74, 6) is 2.20. The molecule has 0 radical (unpaired) electrons. The third-order valence-electron chi connectivity index (χ3n) is 6.15. The summed E-state index contributed by atoms with van der Waals surface area (Å²) < 4.78 is 42.1. The lowest BCUT2D eigenvalue weighted by molar-refractivity contribution is -0.136. The zero-order chi connectivity index (χ0) is 16.6. The van der Waals surface area contributed by atoms with Gasteiger partial charge in [-0.15, -0.1) is 0 Å². The van der Waals surface area contributed by atoms with Crippen LogP contribution < -0.4 is 5.49 Å². The molecule has 1 N–H and O–H groups in total. The van der Waals surface area contributed by atoms with Gasteiger partial charge in [0.1, 0.15) is 11.3 Å². The number of nitrogens with one attached hydrogen (secondary N) is 1. The number of aromatic nitrogens is 2. The van der Waals surface area contributed by atoms with E-state index in [0.717, 1.165) is 37.6 Å². The van der Waals surface area contributed by atoms with E-state index in [9.17, 15) is 13.2 Å². The molecule has 1 aromatic heterocycles. The van der Waals surface area contributed by atoms with Crippen molar-refractivity contribution in [1.29, 1.82) is 5.41 Å². The Bertz CT molecular complexity index is 885. The Labute approximate surface area is 137 Å². The van der Waals surface area contributed by atoms with Gasteiger partial charge in [0.05, 0.1) is 11.1 Å². The normalized spacial score (nSPS) is 31.3. The summed E-state index contributed by atoms with van der Waals surface area (Å²) in [4.78, 5) is 4.52. The maximum absolute atomic E-state index is 13.4. The Kier molecular flexibility index (Phi) is 2.78. The molecule has 0 spiro atoms. The molecule has 126 valence electrons. The third-order valence-corrected chi connectivity index (χ3v) is 6.15. The van der Waals surface area contributed by atoms with Gasteiger partial charge >= 0.3 is 6.18 Å². The van der Waals surface area contributed by atoms with Crippen molar-refractivity contribution in [3.05, 3.63) is 35.1 Å². The van der Waals surface area contributed by atoms with Crippen molar-refractivity contribution in [2.24, 2.45) is 11.8 Å². The smallest absolute Gasteiger partial charge is 0.311 e. The quantitative estimate of drug-likeness (QED) is 0.763. The summed E-state index contributed by atoms with van der Waals surface area (Å²) in [6, 6.07) is 4.29. The zero-order valence-corrected chi connectivity index (χ0v) is 13.1. The van der Waals surface area contributed by atoms with E-state index in [1.54, 1.807) is 6.07 Å². The standard InChI is InChI=1S/C18H18F3N3/c19-18(20,21)14-3-1-2-13-15(14)23-17-11-5-9-4-10(6-11)8-12(7-9)24(17)16(13)22/h1-3,9-12,22H,4-8H2. The van der Waals surface area contributed by atoms with Crippen LogP contribution in [-0.4, -0.2) is 9.55 Å². The van der Waals surface area contributed by atoms with Gasteiger partial charge in [-0.3, -0.25) is 5.41 Å². The lowest BCUT2D eigenvalue weighted by Crippen LogP contribution is -2.31. The first-order valence-corrected chi connectivity index (χ1v) is 8.58. The molecule has 2 atom stereocenters. The van der Waals surface area contributed by atoms with Crippen molar-refractivity contribution >= 4 is 10.9 Å². The molecule has 4 bridgehead atoms. The van der Waals surface area contributed by atoms with Crippen molar-refractivity contribution < 1.29 is 13.2 Å². The van der Waals surface area contributed by atoms with E-state index in [0.29, 0.717) is 17.2 Å². The second kappa shape index (κ2) is 4.61. The summed E-state index contributed by atoms with van der Waals surface area (Å²) in [5, 5.41) is 8.92. The molecule has 2 fully saturated rings. The fourth-order valence-corrected chi connectivity index (χ4v) is 5.39. The van der Waals surface area contributed by atoms with E-state index < -0.39 is 11.7 Å². The van der Waals surface area contributed by atoms with Gasteiger partial charge < -0.3 is 4.57 Å². The average Bonchev–Trinajstić information content (AvgIpc) is 2.68. The van der Waals surface area contributed by atoms with E-state index in [1.807, 2.05) is 4.57 Å². The Morgan fingerprint density at radius 3 is 2.42 bits per heavy atom. The number of fused-ring (bicyclic) bond motifs is 1. The Hall–Kier alpha value is -1.85. The van der Waals surface area contributed by atoms with Gasteiger partial charge in [0.2, 0.25) is 0 Å². The Morgan fingerprint density at radius 1 is 1.04 bits per heavy atom. The number of nitrogens with zero attached hydrogens (tertiary/aromatic N) is 2. The minimum Gasteiger partial charge on any atom is -0.311 e. The lowest BCUT2D eigenvalue weighted by Gasteiger charge is -2.37. The number of rotatable bonds is 0. The van der Waals surface area contributed by atoms with Crippen molar-refractivity contribution in [3.63, 3.8) is 0 Å². The molecular formula is C18H18F3N3. The molecule has 1 aromatic carbocycles. The van der Waals surface area contributed by atoms with E-state index >= 15 is 0 Å². The first kappa shape index (κ1) is 14.5. The molecule has 2 unspecified atom stereocenters. The fraction of sp³-hybridized carbons (Fsp3) is 0.556. The van der Waals surface area contributed by atoms with Gasteiger partial charge in [0.15, 0.2) is 0 Å². The van der Waals surface area contributed by atoms with Crippen LogP contribution in [0.1, 0.15) is 55.5 Å². The van der Waals surface area contributed by atoms with Gasteiger partial charge in [0.25, 0.3) is 0 Å². The van der Waals surface area contributed by atoms with Gasteiger partial charge in [-0.25, -0.2) is 4.98 Å². The molecular weight excluding hydrogens is 315 g/mol. The highest BCUT2D eigenvalue weighted by molar-refractivity contribution is 5.81. The van der Waals surface area contributed by atoms with Crippen LogP contribution in [0.15, 0.2) is 18.2 Å². The minimum atomic E-state index is -4.44. The Morgan fingerprint density at radius 2 is 1.75 bits per heavy atom. The van der Waals surface area contributed by atoms with Crippen LogP contribution in [0.25, 0.3) is 10.9 Å². The summed E-state index contributed by atoms with van der Waals surface area (Å²) in [6.45, 7) is 0. The molecule has 4 aliphatic rings. The van der Waals surface area contributed by atoms with Crippen LogP contribution in [0, 0.1) is 17.2 Å². The highest BCUT2D eigenvalue weighted by Gasteiger charge is 2.43. The number of halogens is 3. The molecule has 6 heteroatoms. The van der Waals surface area contributed by atoms with Gasteiger partial charge in [-0.2, -0.15) is 13.2 Å². The zero-order valence-electron chi connectivity index (χ0n) is 13.1. The number of alkyl halides is 3. The third kappa shape index (κ3) is 1.91.